The second kappa shape index (κ2) is 5.36. The Morgan fingerprint density at radius 1 is 1.06 bits per heavy atom. The molecule has 0 heterocycles. The lowest BCUT2D eigenvalue weighted by Crippen LogP contribution is -2.01. The molecule has 0 saturated carbocycles. The van der Waals surface area contributed by atoms with Gasteiger partial charge in [0, 0.05) is 4.47 Å². The van der Waals surface area contributed by atoms with Crippen LogP contribution < -0.4 is 0 Å². The van der Waals surface area contributed by atoms with Gasteiger partial charge in [-0.05, 0) is 36.2 Å². The van der Waals surface area contributed by atoms with Gasteiger partial charge < -0.3 is 4.74 Å². The lowest BCUT2D eigenvalue weighted by atomic mass is 10.0. The predicted octanol–water partition coefficient (Wildman–Crippen LogP) is 4.21. The van der Waals surface area contributed by atoms with Gasteiger partial charge in [-0.15, -0.1) is 0 Å². The molecule has 0 bridgehead atoms. The van der Waals surface area contributed by atoms with Gasteiger partial charge >= 0.3 is 5.97 Å². The minimum Gasteiger partial charge on any atom is -0.465 e. The Balaban J connectivity index is 2.48. The number of hydrogen-bond donors (Lipinski definition) is 0. The fourth-order valence-corrected chi connectivity index (χ4v) is 2.23. The summed E-state index contributed by atoms with van der Waals surface area (Å²) in [5.41, 5.74) is 3.82. The molecule has 0 unspecified atom stereocenters. The topological polar surface area (TPSA) is 26.3 Å². The Kier molecular flexibility index (Phi) is 3.82. The van der Waals surface area contributed by atoms with Crippen LogP contribution in [0.3, 0.4) is 0 Å². The molecule has 92 valence electrons. The Labute approximate surface area is 115 Å². The molecule has 0 aliphatic carbocycles. The summed E-state index contributed by atoms with van der Waals surface area (Å²) in [6, 6.07) is 13.8. The summed E-state index contributed by atoms with van der Waals surface area (Å²) in [6.07, 6.45) is 0. The molecule has 0 aromatic heterocycles. The van der Waals surface area contributed by atoms with Crippen LogP contribution in [0.25, 0.3) is 11.1 Å². The third-order valence-corrected chi connectivity index (χ3v) is 3.16. The number of methoxy groups -OCH3 is 1. The second-order valence-corrected chi connectivity index (χ2v) is 5.00. The number of ether oxygens (including phenoxy) is 1. The number of benzene rings is 2. The van der Waals surface area contributed by atoms with Gasteiger partial charge in [0.2, 0.25) is 0 Å². The number of rotatable bonds is 2. The van der Waals surface area contributed by atoms with E-state index in [0.717, 1.165) is 15.6 Å². The van der Waals surface area contributed by atoms with E-state index >= 15 is 0 Å². The van der Waals surface area contributed by atoms with Crippen molar-refractivity contribution in [3.63, 3.8) is 0 Å². The van der Waals surface area contributed by atoms with Crippen molar-refractivity contribution in [1.29, 1.82) is 0 Å². The summed E-state index contributed by atoms with van der Waals surface area (Å²) < 4.78 is 5.60. The highest BCUT2D eigenvalue weighted by molar-refractivity contribution is 9.10. The van der Waals surface area contributed by atoms with Crippen molar-refractivity contribution in [2.24, 2.45) is 0 Å². The van der Waals surface area contributed by atoms with E-state index in [1.807, 2.05) is 43.3 Å². The maximum atomic E-state index is 11.6. The Morgan fingerprint density at radius 3 is 2.33 bits per heavy atom. The van der Waals surface area contributed by atoms with Crippen molar-refractivity contribution in [3.05, 3.63) is 58.1 Å². The van der Waals surface area contributed by atoms with Gasteiger partial charge in [-0.1, -0.05) is 45.8 Å². The SMILES string of the molecule is COC(=O)c1cc(Br)cc(-c2ccc(C)cc2)c1. The highest BCUT2D eigenvalue weighted by Gasteiger charge is 2.09. The molecule has 0 amide bonds. The summed E-state index contributed by atoms with van der Waals surface area (Å²) >= 11 is 3.41. The van der Waals surface area contributed by atoms with E-state index < -0.39 is 0 Å². The quantitative estimate of drug-likeness (QED) is 0.777. The van der Waals surface area contributed by atoms with Gasteiger partial charge in [-0.2, -0.15) is 0 Å². The molecule has 0 N–H and O–H groups in total. The first-order chi connectivity index (χ1) is 8.60. The van der Waals surface area contributed by atoms with E-state index in [2.05, 4.69) is 15.9 Å². The van der Waals surface area contributed by atoms with Crippen LogP contribution in [0.4, 0.5) is 0 Å². The highest BCUT2D eigenvalue weighted by Crippen LogP contribution is 2.25. The van der Waals surface area contributed by atoms with E-state index in [-0.39, 0.29) is 5.97 Å². The molecule has 0 fully saturated rings. The Bertz CT molecular complexity index is 574. The summed E-state index contributed by atoms with van der Waals surface area (Å²) in [5.74, 6) is -0.329. The van der Waals surface area contributed by atoms with Crippen LogP contribution in [0.5, 0.6) is 0 Å². The Morgan fingerprint density at radius 2 is 1.72 bits per heavy atom. The van der Waals surface area contributed by atoms with Crippen molar-refractivity contribution < 1.29 is 9.53 Å². The number of aryl methyl sites for hydroxylation is 1. The molecule has 0 aliphatic heterocycles. The molecule has 0 aliphatic rings. The third kappa shape index (κ3) is 2.79. The maximum absolute atomic E-state index is 11.6. The monoisotopic (exact) mass is 304 g/mol. The standard InChI is InChI=1S/C15H13BrO2/c1-10-3-5-11(6-4-10)12-7-13(15(17)18-2)9-14(16)8-12/h3-9H,1-2H3. The van der Waals surface area contributed by atoms with Gasteiger partial charge in [0.15, 0.2) is 0 Å². The number of halogens is 1. The summed E-state index contributed by atoms with van der Waals surface area (Å²) in [6.45, 7) is 2.05. The van der Waals surface area contributed by atoms with Crippen molar-refractivity contribution in [2.75, 3.05) is 7.11 Å². The van der Waals surface area contributed by atoms with Crippen molar-refractivity contribution >= 4 is 21.9 Å². The van der Waals surface area contributed by atoms with Crippen molar-refractivity contribution in [2.45, 2.75) is 6.92 Å². The van der Waals surface area contributed by atoms with Crippen molar-refractivity contribution in [3.8, 4) is 11.1 Å². The van der Waals surface area contributed by atoms with Gasteiger partial charge in [-0.25, -0.2) is 4.79 Å². The van der Waals surface area contributed by atoms with Crippen LogP contribution in [-0.2, 0) is 4.74 Å². The van der Waals surface area contributed by atoms with Gasteiger partial charge in [-0.3, -0.25) is 0 Å². The van der Waals surface area contributed by atoms with Crippen LogP contribution >= 0.6 is 15.9 Å². The first-order valence-electron chi connectivity index (χ1n) is 5.56. The van der Waals surface area contributed by atoms with Gasteiger partial charge in [0.05, 0.1) is 12.7 Å². The zero-order valence-corrected chi connectivity index (χ0v) is 11.8. The molecule has 0 atom stereocenters. The molecule has 18 heavy (non-hydrogen) atoms. The predicted molar refractivity (Wildman–Crippen MR) is 75.7 cm³/mol. The van der Waals surface area contributed by atoms with Crippen molar-refractivity contribution in [1.82, 2.24) is 0 Å². The molecule has 2 nitrogen and oxygen atoms in total. The largest absolute Gasteiger partial charge is 0.465 e. The van der Waals surface area contributed by atoms with E-state index in [4.69, 9.17) is 4.74 Å². The number of esters is 1. The molecule has 2 rings (SSSR count). The first-order valence-corrected chi connectivity index (χ1v) is 6.35. The van der Waals surface area contributed by atoms with E-state index in [1.54, 1.807) is 6.07 Å². The van der Waals surface area contributed by atoms with Crippen LogP contribution in [0.1, 0.15) is 15.9 Å². The lowest BCUT2D eigenvalue weighted by molar-refractivity contribution is 0.0600. The van der Waals surface area contributed by atoms with Gasteiger partial charge in [0.1, 0.15) is 0 Å². The summed E-state index contributed by atoms with van der Waals surface area (Å²) in [5, 5.41) is 0. The summed E-state index contributed by atoms with van der Waals surface area (Å²) in [7, 11) is 1.38. The minimum absolute atomic E-state index is 0.329. The van der Waals surface area contributed by atoms with Crippen LogP contribution in [0.15, 0.2) is 46.9 Å². The molecule has 0 spiro atoms. The summed E-state index contributed by atoms with van der Waals surface area (Å²) in [4.78, 5) is 11.6. The first kappa shape index (κ1) is 12.8. The molecule has 2 aromatic carbocycles. The number of carbonyl (C=O) groups is 1. The fraction of sp³-hybridized carbons (Fsp3) is 0.133. The minimum atomic E-state index is -0.329. The zero-order chi connectivity index (χ0) is 13.1. The molecule has 2 aromatic rings. The lowest BCUT2D eigenvalue weighted by Gasteiger charge is -2.06. The molecule has 0 saturated heterocycles. The maximum Gasteiger partial charge on any atom is 0.337 e. The van der Waals surface area contributed by atoms with Crippen LogP contribution in [0.2, 0.25) is 0 Å². The second-order valence-electron chi connectivity index (χ2n) is 4.09. The molecule has 3 heteroatoms. The van der Waals surface area contributed by atoms with Crippen LogP contribution in [0, 0.1) is 6.92 Å². The zero-order valence-electron chi connectivity index (χ0n) is 10.2. The number of carbonyl (C=O) groups excluding carboxylic acids is 1. The van der Waals surface area contributed by atoms with E-state index in [0.29, 0.717) is 5.56 Å². The molecular formula is C15H13BrO2. The van der Waals surface area contributed by atoms with E-state index in [1.165, 1.54) is 12.7 Å². The third-order valence-electron chi connectivity index (χ3n) is 2.70. The van der Waals surface area contributed by atoms with Gasteiger partial charge in [0.25, 0.3) is 0 Å². The average Bonchev–Trinajstić information content (AvgIpc) is 2.38. The molecular weight excluding hydrogens is 292 g/mol. The fourth-order valence-electron chi connectivity index (χ4n) is 1.74. The van der Waals surface area contributed by atoms with Crippen LogP contribution in [-0.4, -0.2) is 13.1 Å². The van der Waals surface area contributed by atoms with E-state index in [9.17, 15) is 4.79 Å². The number of hydrogen-bond acceptors (Lipinski definition) is 2. The normalized spacial score (nSPS) is 10.2. The molecule has 0 radical (unpaired) electrons. The smallest absolute Gasteiger partial charge is 0.337 e. The highest BCUT2D eigenvalue weighted by atomic mass is 79.9. The Hall–Kier alpha value is -1.61. The average molecular weight is 305 g/mol.